The van der Waals surface area contributed by atoms with E-state index in [1.807, 2.05) is 41.2 Å². The summed E-state index contributed by atoms with van der Waals surface area (Å²) in [5.41, 5.74) is 2.55. The Morgan fingerprint density at radius 1 is 1.17 bits per heavy atom. The summed E-state index contributed by atoms with van der Waals surface area (Å²) in [7, 11) is 0. The van der Waals surface area contributed by atoms with Gasteiger partial charge in [0, 0.05) is 35.9 Å². The number of anilines is 1. The van der Waals surface area contributed by atoms with Crippen molar-refractivity contribution in [3.05, 3.63) is 49.2 Å². The highest BCUT2D eigenvalue weighted by Crippen LogP contribution is 2.25. The number of hydrogen-bond donors (Lipinski definition) is 1. The Labute approximate surface area is 138 Å². The lowest BCUT2D eigenvalue weighted by Crippen LogP contribution is -2.25. The molecule has 0 aliphatic heterocycles. The van der Waals surface area contributed by atoms with Crippen LogP contribution in [0.5, 0.6) is 0 Å². The molecule has 0 spiro atoms. The number of imidazole rings is 1. The van der Waals surface area contributed by atoms with Crippen molar-refractivity contribution >= 4 is 17.1 Å². The van der Waals surface area contributed by atoms with Crippen molar-refractivity contribution in [1.29, 1.82) is 0 Å². The number of fused-ring (bicyclic) bond motifs is 2. The van der Waals surface area contributed by atoms with E-state index in [9.17, 15) is 4.39 Å². The number of halogens is 1. The molecule has 0 aliphatic rings. The molecule has 4 aromatic rings. The second-order valence-electron chi connectivity index (χ2n) is 6.32. The molecule has 4 heterocycles. The van der Waals surface area contributed by atoms with Crippen LogP contribution in [0.1, 0.15) is 13.8 Å². The number of rotatable bonds is 4. The lowest BCUT2D eigenvalue weighted by atomic mass is 10.1. The van der Waals surface area contributed by atoms with Gasteiger partial charge in [0.15, 0.2) is 0 Å². The van der Waals surface area contributed by atoms with Gasteiger partial charge in [-0.3, -0.25) is 0 Å². The van der Waals surface area contributed by atoms with Crippen LogP contribution in [0.15, 0.2) is 49.2 Å². The lowest BCUT2D eigenvalue weighted by Gasteiger charge is -2.14. The number of hydrogen-bond acceptors (Lipinski definition) is 4. The van der Waals surface area contributed by atoms with Crippen molar-refractivity contribution in [2.45, 2.75) is 19.5 Å². The van der Waals surface area contributed by atoms with Crippen LogP contribution in [-0.4, -0.2) is 36.2 Å². The van der Waals surface area contributed by atoms with E-state index in [0.717, 1.165) is 22.3 Å². The van der Waals surface area contributed by atoms with E-state index in [0.29, 0.717) is 5.95 Å². The molecule has 0 unspecified atom stereocenters. The van der Waals surface area contributed by atoms with Gasteiger partial charge < -0.3 is 9.72 Å². The Hall–Kier alpha value is -2.96. The average Bonchev–Trinajstić information content (AvgIpc) is 3.17. The van der Waals surface area contributed by atoms with Gasteiger partial charge in [-0.15, -0.1) is 5.10 Å². The van der Waals surface area contributed by atoms with E-state index in [1.165, 1.54) is 13.8 Å². The average molecular weight is 324 g/mol. The smallest absolute Gasteiger partial charge is 0.241 e. The van der Waals surface area contributed by atoms with E-state index >= 15 is 0 Å². The van der Waals surface area contributed by atoms with E-state index in [-0.39, 0.29) is 6.54 Å². The first-order valence-corrected chi connectivity index (χ1v) is 7.70. The van der Waals surface area contributed by atoms with Crippen LogP contribution in [0.4, 0.5) is 10.3 Å². The summed E-state index contributed by atoms with van der Waals surface area (Å²) in [6, 6.07) is 5.99. The molecule has 7 heteroatoms. The van der Waals surface area contributed by atoms with Crippen molar-refractivity contribution in [3.63, 3.8) is 0 Å². The summed E-state index contributed by atoms with van der Waals surface area (Å²) in [5, 5.41) is 7.30. The first-order chi connectivity index (χ1) is 11.5. The van der Waals surface area contributed by atoms with Crippen molar-refractivity contribution in [2.24, 2.45) is 0 Å². The minimum atomic E-state index is -1.32. The normalized spacial score (nSPS) is 12.1. The summed E-state index contributed by atoms with van der Waals surface area (Å²) in [6.07, 6.45) is 9.32. The molecule has 0 bridgehead atoms. The van der Waals surface area contributed by atoms with E-state index < -0.39 is 5.67 Å². The standard InChI is InChI=1S/C17H17FN6/c1-17(2,18)11-21-16-20-9-14-13(5-7-24(14)22-16)12-3-4-15-19-6-8-23(15)10-12/h3-10H,11H2,1-2H3,(H,21,22). The predicted molar refractivity (Wildman–Crippen MR) is 90.8 cm³/mol. The molecule has 122 valence electrons. The molecule has 0 amide bonds. The Morgan fingerprint density at radius 3 is 2.88 bits per heavy atom. The van der Waals surface area contributed by atoms with Gasteiger partial charge in [-0.05, 0) is 32.0 Å². The van der Waals surface area contributed by atoms with Gasteiger partial charge in [0.2, 0.25) is 5.95 Å². The van der Waals surface area contributed by atoms with Gasteiger partial charge in [0.25, 0.3) is 0 Å². The first kappa shape index (κ1) is 14.6. The summed E-state index contributed by atoms with van der Waals surface area (Å²) in [6.45, 7) is 3.18. The van der Waals surface area contributed by atoms with Crippen LogP contribution >= 0.6 is 0 Å². The minimum Gasteiger partial charge on any atom is -0.350 e. The minimum absolute atomic E-state index is 0.157. The van der Waals surface area contributed by atoms with Crippen LogP contribution in [0, 0.1) is 0 Å². The van der Waals surface area contributed by atoms with Crippen LogP contribution in [0.25, 0.3) is 22.3 Å². The van der Waals surface area contributed by atoms with E-state index in [4.69, 9.17) is 0 Å². The Morgan fingerprint density at radius 2 is 2.04 bits per heavy atom. The number of nitrogens with one attached hydrogen (secondary N) is 1. The van der Waals surface area contributed by atoms with Crippen molar-refractivity contribution < 1.29 is 4.39 Å². The summed E-state index contributed by atoms with van der Waals surface area (Å²) in [4.78, 5) is 8.54. The molecule has 4 rings (SSSR count). The third-order valence-corrected chi connectivity index (χ3v) is 3.78. The van der Waals surface area contributed by atoms with Crippen molar-refractivity contribution in [2.75, 3.05) is 11.9 Å². The zero-order valence-electron chi connectivity index (χ0n) is 13.4. The molecule has 0 saturated heterocycles. The SMILES string of the molecule is CC(C)(F)CNc1ncc2c(-c3ccc4nccn4c3)ccn2n1. The maximum atomic E-state index is 13.6. The fourth-order valence-electron chi connectivity index (χ4n) is 2.59. The van der Waals surface area contributed by atoms with Gasteiger partial charge in [0.05, 0.1) is 18.3 Å². The molecular weight excluding hydrogens is 307 g/mol. The van der Waals surface area contributed by atoms with E-state index in [1.54, 1.807) is 16.9 Å². The molecule has 1 N–H and O–H groups in total. The molecule has 0 saturated carbocycles. The third kappa shape index (κ3) is 2.68. The fraction of sp³-hybridized carbons (Fsp3) is 0.235. The maximum Gasteiger partial charge on any atom is 0.241 e. The molecule has 0 atom stereocenters. The van der Waals surface area contributed by atoms with Crippen LogP contribution in [-0.2, 0) is 0 Å². The maximum absolute atomic E-state index is 13.6. The number of alkyl halides is 1. The van der Waals surface area contributed by atoms with E-state index in [2.05, 4.69) is 20.4 Å². The Balaban J connectivity index is 1.69. The highest BCUT2D eigenvalue weighted by Gasteiger charge is 2.16. The van der Waals surface area contributed by atoms with Gasteiger partial charge in [-0.1, -0.05) is 0 Å². The predicted octanol–water partition coefficient (Wildman–Crippen LogP) is 3.20. The highest BCUT2D eigenvalue weighted by molar-refractivity contribution is 5.80. The molecular formula is C17H17FN6. The van der Waals surface area contributed by atoms with Gasteiger partial charge in [0.1, 0.15) is 11.3 Å². The second kappa shape index (κ2) is 5.30. The number of nitrogens with zero attached hydrogens (tertiary/aromatic N) is 5. The van der Waals surface area contributed by atoms with Gasteiger partial charge in [-0.25, -0.2) is 18.9 Å². The first-order valence-electron chi connectivity index (χ1n) is 7.70. The quantitative estimate of drug-likeness (QED) is 0.626. The molecule has 0 aliphatic carbocycles. The molecule has 6 nitrogen and oxygen atoms in total. The van der Waals surface area contributed by atoms with Crippen molar-refractivity contribution in [3.8, 4) is 11.1 Å². The van der Waals surface area contributed by atoms with Gasteiger partial charge in [-0.2, -0.15) is 0 Å². The zero-order chi connectivity index (χ0) is 16.7. The third-order valence-electron chi connectivity index (χ3n) is 3.78. The van der Waals surface area contributed by atoms with Crippen LogP contribution < -0.4 is 5.32 Å². The molecule has 0 fully saturated rings. The molecule has 24 heavy (non-hydrogen) atoms. The zero-order valence-corrected chi connectivity index (χ0v) is 13.4. The fourth-order valence-corrected chi connectivity index (χ4v) is 2.59. The highest BCUT2D eigenvalue weighted by atomic mass is 19.1. The summed E-state index contributed by atoms with van der Waals surface area (Å²) in [5.74, 6) is 0.403. The molecule has 0 aromatic carbocycles. The summed E-state index contributed by atoms with van der Waals surface area (Å²) >= 11 is 0. The monoisotopic (exact) mass is 324 g/mol. The van der Waals surface area contributed by atoms with Crippen LogP contribution in [0.2, 0.25) is 0 Å². The Bertz CT molecular complexity index is 1010. The summed E-state index contributed by atoms with van der Waals surface area (Å²) < 4.78 is 17.3. The lowest BCUT2D eigenvalue weighted by molar-refractivity contribution is 0.234. The van der Waals surface area contributed by atoms with Crippen LogP contribution in [0.3, 0.4) is 0 Å². The molecule has 0 radical (unpaired) electrons. The topological polar surface area (TPSA) is 59.5 Å². The number of aromatic nitrogens is 5. The van der Waals surface area contributed by atoms with Crippen molar-refractivity contribution in [1.82, 2.24) is 24.0 Å². The molecule has 4 aromatic heterocycles. The largest absolute Gasteiger partial charge is 0.350 e. The second-order valence-corrected chi connectivity index (χ2v) is 6.32. The Kier molecular flexibility index (Phi) is 3.23. The number of pyridine rings is 1. The van der Waals surface area contributed by atoms with Gasteiger partial charge >= 0.3 is 0 Å².